The van der Waals surface area contributed by atoms with Crippen molar-refractivity contribution in [3.05, 3.63) is 95.4 Å². The Bertz CT molecular complexity index is 1380. The average Bonchev–Trinajstić information content (AvgIpc) is 3.34. The van der Waals surface area contributed by atoms with Gasteiger partial charge in [0.2, 0.25) is 0 Å². The lowest BCUT2D eigenvalue weighted by Crippen LogP contribution is -2.31. The number of hydrogen-bond donors (Lipinski definition) is 0. The van der Waals surface area contributed by atoms with E-state index in [0.717, 1.165) is 11.1 Å². The molecule has 40 heavy (non-hydrogen) atoms. The van der Waals surface area contributed by atoms with Crippen LogP contribution in [0.1, 0.15) is 58.5 Å². The zero-order chi connectivity index (χ0) is 29.2. The smallest absolute Gasteiger partial charge is 0.258 e. The Morgan fingerprint density at radius 2 is 1.65 bits per heavy atom. The third-order valence-corrected chi connectivity index (χ3v) is 6.51. The van der Waals surface area contributed by atoms with Gasteiger partial charge in [0.05, 0.1) is 33.5 Å². The van der Waals surface area contributed by atoms with Crippen molar-refractivity contribution in [3.63, 3.8) is 0 Å². The summed E-state index contributed by atoms with van der Waals surface area (Å²) in [5, 5.41) is 0. The fourth-order valence-corrected chi connectivity index (χ4v) is 4.52. The maximum absolute atomic E-state index is 13.5. The summed E-state index contributed by atoms with van der Waals surface area (Å²) < 4.78 is 22.9. The van der Waals surface area contributed by atoms with Gasteiger partial charge in [-0.3, -0.25) is 9.59 Å². The predicted molar refractivity (Wildman–Crippen MR) is 158 cm³/mol. The Morgan fingerprint density at radius 3 is 2.20 bits per heavy atom. The first-order valence-corrected chi connectivity index (χ1v) is 13.1. The molecule has 0 radical (unpaired) electrons. The van der Waals surface area contributed by atoms with Crippen molar-refractivity contribution >= 4 is 17.8 Å². The van der Waals surface area contributed by atoms with Crippen molar-refractivity contribution in [2.75, 3.05) is 27.4 Å². The summed E-state index contributed by atoms with van der Waals surface area (Å²) in [6, 6.07) is 6.81. The van der Waals surface area contributed by atoms with Crippen LogP contribution in [0.5, 0.6) is 23.0 Å². The van der Waals surface area contributed by atoms with Gasteiger partial charge in [-0.1, -0.05) is 31.4 Å². The normalized spacial score (nSPS) is 14.4. The molecule has 0 saturated carbocycles. The minimum absolute atomic E-state index is 0.0752. The molecular weight excluding hydrogens is 506 g/mol. The molecule has 1 atom stereocenters. The van der Waals surface area contributed by atoms with E-state index < -0.39 is 0 Å². The lowest BCUT2D eigenvalue weighted by molar-refractivity contribution is 0.0805. The van der Waals surface area contributed by atoms with Gasteiger partial charge in [-0.25, -0.2) is 0 Å². The van der Waals surface area contributed by atoms with Crippen LogP contribution in [0.2, 0.25) is 0 Å². The fraction of sp³-hybridized carbons (Fsp3) is 0.303. The van der Waals surface area contributed by atoms with Crippen LogP contribution in [-0.4, -0.2) is 50.1 Å². The molecule has 0 saturated heterocycles. The van der Waals surface area contributed by atoms with Crippen LogP contribution >= 0.6 is 0 Å². The molecule has 0 fully saturated rings. The number of rotatable bonds is 13. The van der Waals surface area contributed by atoms with E-state index in [4.69, 9.17) is 18.9 Å². The van der Waals surface area contributed by atoms with Crippen LogP contribution in [0.3, 0.4) is 0 Å². The molecule has 1 aliphatic rings. The van der Waals surface area contributed by atoms with Gasteiger partial charge in [-0.05, 0) is 74.2 Å². The maximum Gasteiger partial charge on any atom is 0.258 e. The van der Waals surface area contributed by atoms with Crippen LogP contribution in [0.25, 0.3) is 6.08 Å². The molecule has 0 aromatic heterocycles. The molecule has 3 rings (SSSR count). The molecule has 1 heterocycles. The van der Waals surface area contributed by atoms with Crippen LogP contribution in [0.15, 0.2) is 73.2 Å². The third-order valence-electron chi connectivity index (χ3n) is 6.51. The molecule has 7 heteroatoms. The van der Waals surface area contributed by atoms with Crippen LogP contribution in [0, 0.1) is 6.92 Å². The first-order valence-electron chi connectivity index (χ1n) is 13.1. The van der Waals surface area contributed by atoms with Crippen molar-refractivity contribution in [3.8, 4) is 23.0 Å². The molecule has 0 unspecified atom stereocenters. The molecule has 1 aliphatic heterocycles. The van der Waals surface area contributed by atoms with Crippen LogP contribution in [0.4, 0.5) is 0 Å². The Morgan fingerprint density at radius 1 is 1.02 bits per heavy atom. The Hall–Kier alpha value is -4.48. The first-order chi connectivity index (χ1) is 19.3. The van der Waals surface area contributed by atoms with Crippen molar-refractivity contribution in [2.45, 2.75) is 39.7 Å². The molecule has 0 aliphatic carbocycles. The van der Waals surface area contributed by atoms with E-state index >= 15 is 0 Å². The van der Waals surface area contributed by atoms with Gasteiger partial charge in [-0.2, -0.15) is 0 Å². The highest BCUT2D eigenvalue weighted by atomic mass is 16.5. The number of methoxy groups -OCH3 is 2. The van der Waals surface area contributed by atoms with E-state index in [2.05, 4.69) is 18.9 Å². The molecule has 1 amide bonds. The number of carbonyl (C=O) groups is 2. The molecular formula is C33H37NO6. The van der Waals surface area contributed by atoms with Gasteiger partial charge in [0, 0.05) is 23.7 Å². The van der Waals surface area contributed by atoms with Gasteiger partial charge in [0.25, 0.3) is 5.91 Å². The standard InChI is InChI=1S/C33H37NO6/c1-8-12-24-17-26(13-9-2)34(21-24)33(36)27-19-29(37-6)31(16-22(27)4)39-14-11-15-40-32-18-25(10-3)28(23(5)35)20-30(32)38-7/h8,10,12-13,16,18-21,26H,2-3,11,14-15,17H2,1,4-7H3/b12-8+/t26-/m1/s1. The number of amides is 1. The lowest BCUT2D eigenvalue weighted by atomic mass is 10.0. The number of nitrogens with zero attached hydrogens (tertiary/aromatic N) is 1. The van der Waals surface area contributed by atoms with E-state index in [1.165, 1.54) is 14.0 Å². The summed E-state index contributed by atoms with van der Waals surface area (Å²) in [6.07, 6.45) is 10.5. The zero-order valence-electron chi connectivity index (χ0n) is 23.9. The van der Waals surface area contributed by atoms with Crippen LogP contribution < -0.4 is 18.9 Å². The number of benzene rings is 2. The van der Waals surface area contributed by atoms with Crippen molar-refractivity contribution in [1.82, 2.24) is 4.90 Å². The fourth-order valence-electron chi connectivity index (χ4n) is 4.52. The largest absolute Gasteiger partial charge is 0.493 e. The number of aryl methyl sites for hydroxylation is 1. The monoisotopic (exact) mass is 543 g/mol. The van der Waals surface area contributed by atoms with Crippen LogP contribution in [-0.2, 0) is 0 Å². The highest BCUT2D eigenvalue weighted by molar-refractivity contribution is 5.99. The van der Waals surface area contributed by atoms with E-state index in [1.807, 2.05) is 44.3 Å². The summed E-state index contributed by atoms with van der Waals surface area (Å²) >= 11 is 0. The minimum atomic E-state index is -0.141. The maximum atomic E-state index is 13.5. The zero-order valence-corrected chi connectivity index (χ0v) is 23.9. The molecule has 210 valence electrons. The Balaban J connectivity index is 1.68. The van der Waals surface area contributed by atoms with Crippen molar-refractivity contribution in [1.29, 1.82) is 0 Å². The third kappa shape index (κ3) is 6.93. The first kappa shape index (κ1) is 30.1. The quantitative estimate of drug-likeness (QED) is 0.159. The molecule has 0 N–H and O–H groups in total. The number of carbonyl (C=O) groups excluding carboxylic acids is 2. The van der Waals surface area contributed by atoms with Crippen molar-refractivity contribution in [2.24, 2.45) is 0 Å². The average molecular weight is 544 g/mol. The summed E-state index contributed by atoms with van der Waals surface area (Å²) in [6.45, 7) is 13.5. The van der Waals surface area contributed by atoms with E-state index in [0.29, 0.717) is 65.7 Å². The SMILES string of the molecule is C=C=C[C@@H]1CC(/C=C/C)=CN1C(=O)c1cc(OC)c(OCCCOc2cc(C=C)c(C(C)=O)cc2OC)cc1C. The van der Waals surface area contributed by atoms with E-state index in [9.17, 15) is 9.59 Å². The summed E-state index contributed by atoms with van der Waals surface area (Å²) in [4.78, 5) is 27.1. The number of allylic oxidation sites excluding steroid dienone is 2. The second-order valence-electron chi connectivity index (χ2n) is 9.28. The number of Topliss-reactive ketones (excluding diaryl/α,β-unsaturated/α-hetero) is 1. The molecule has 2 aromatic rings. The highest BCUT2D eigenvalue weighted by Crippen LogP contribution is 2.34. The summed E-state index contributed by atoms with van der Waals surface area (Å²) in [7, 11) is 3.08. The lowest BCUT2D eigenvalue weighted by Gasteiger charge is -2.22. The van der Waals surface area contributed by atoms with Gasteiger partial charge in [0.1, 0.15) is 0 Å². The molecule has 7 nitrogen and oxygen atoms in total. The Labute approximate surface area is 236 Å². The Kier molecular flexibility index (Phi) is 10.6. The second kappa shape index (κ2) is 14.1. The number of ketones is 1. The van der Waals surface area contributed by atoms with E-state index in [1.54, 1.807) is 36.3 Å². The summed E-state index contributed by atoms with van der Waals surface area (Å²) in [5.41, 5.74) is 6.40. The second-order valence-corrected chi connectivity index (χ2v) is 9.28. The molecule has 2 aromatic carbocycles. The van der Waals surface area contributed by atoms with Gasteiger partial charge >= 0.3 is 0 Å². The highest BCUT2D eigenvalue weighted by Gasteiger charge is 2.29. The molecule has 0 bridgehead atoms. The number of hydrogen-bond acceptors (Lipinski definition) is 6. The topological polar surface area (TPSA) is 74.3 Å². The minimum Gasteiger partial charge on any atom is -0.493 e. The van der Waals surface area contributed by atoms with Gasteiger partial charge in [-0.15, -0.1) is 5.73 Å². The van der Waals surface area contributed by atoms with E-state index in [-0.39, 0.29) is 17.7 Å². The number of ether oxygens (including phenoxy) is 4. The molecule has 0 spiro atoms. The van der Waals surface area contributed by atoms with Crippen molar-refractivity contribution < 1.29 is 28.5 Å². The summed E-state index contributed by atoms with van der Waals surface area (Å²) in [5.74, 6) is 1.81. The predicted octanol–water partition coefficient (Wildman–Crippen LogP) is 6.72. The van der Waals surface area contributed by atoms with Gasteiger partial charge in [0.15, 0.2) is 28.8 Å². The van der Waals surface area contributed by atoms with Gasteiger partial charge < -0.3 is 23.8 Å².